The smallest absolute Gasteiger partial charge is 0.262 e. The molecule has 3 atom stereocenters. The van der Waals surface area contributed by atoms with Crippen molar-refractivity contribution in [2.45, 2.75) is 45.3 Å². The minimum absolute atomic E-state index is 0.00980. The predicted molar refractivity (Wildman–Crippen MR) is 165 cm³/mol. The zero-order valence-corrected chi connectivity index (χ0v) is 24.3. The number of anilines is 1. The van der Waals surface area contributed by atoms with Crippen molar-refractivity contribution in [1.29, 1.82) is 0 Å². The van der Waals surface area contributed by atoms with Crippen LogP contribution in [0.2, 0.25) is 0 Å². The molecule has 7 nitrogen and oxygen atoms in total. The van der Waals surface area contributed by atoms with Gasteiger partial charge < -0.3 is 10.1 Å². The minimum atomic E-state index is -2.37. The van der Waals surface area contributed by atoms with Crippen molar-refractivity contribution in [3.05, 3.63) is 108 Å². The van der Waals surface area contributed by atoms with Crippen LogP contribution < -0.4 is 14.4 Å². The number of rotatable bonds is 11. The Balaban J connectivity index is 1.39. The number of nitrogens with zero attached hydrogens (tertiary/aromatic N) is 2. The molecule has 0 saturated heterocycles. The van der Waals surface area contributed by atoms with Crippen LogP contribution in [0.3, 0.4) is 0 Å². The van der Waals surface area contributed by atoms with Crippen molar-refractivity contribution in [3.63, 3.8) is 0 Å². The van der Waals surface area contributed by atoms with E-state index in [1.807, 2.05) is 72.8 Å². The van der Waals surface area contributed by atoms with E-state index in [2.05, 4.69) is 42.3 Å². The second kappa shape index (κ2) is 13.3. The summed E-state index contributed by atoms with van der Waals surface area (Å²) in [6.07, 6.45) is 0.667. The van der Waals surface area contributed by atoms with E-state index in [-0.39, 0.29) is 18.4 Å². The molecule has 0 spiro atoms. The van der Waals surface area contributed by atoms with Gasteiger partial charge in [0.05, 0.1) is 30.8 Å². The number of hydrogen-bond donors (Lipinski definition) is 2. The first kappa shape index (κ1) is 28.8. The Morgan fingerprint density at radius 2 is 1.71 bits per heavy atom. The number of amides is 1. The number of benzene rings is 4. The van der Waals surface area contributed by atoms with Crippen LogP contribution in [-0.4, -0.2) is 39.3 Å². The van der Waals surface area contributed by atoms with Crippen molar-refractivity contribution in [2.24, 2.45) is 0 Å². The number of carbonyl (C=O) groups is 1. The Bertz CT molecular complexity index is 1510. The summed E-state index contributed by atoms with van der Waals surface area (Å²) >= 11 is -2.37. The molecule has 0 bridgehead atoms. The van der Waals surface area contributed by atoms with Gasteiger partial charge in [-0.1, -0.05) is 86.6 Å². The Hall–Kier alpha value is -3.72. The summed E-state index contributed by atoms with van der Waals surface area (Å²) in [5, 5.41) is 5.19. The molecule has 5 rings (SSSR count). The van der Waals surface area contributed by atoms with Gasteiger partial charge in [0.25, 0.3) is 11.3 Å². The molecule has 1 amide bonds. The van der Waals surface area contributed by atoms with Crippen LogP contribution in [-0.2, 0) is 22.6 Å². The van der Waals surface area contributed by atoms with Gasteiger partial charge in [-0.15, -0.1) is 0 Å². The Kier molecular flexibility index (Phi) is 9.34. The van der Waals surface area contributed by atoms with Crippen LogP contribution in [0.25, 0.3) is 10.8 Å². The van der Waals surface area contributed by atoms with Crippen molar-refractivity contribution in [2.75, 3.05) is 24.0 Å². The lowest BCUT2D eigenvalue weighted by atomic mass is 9.97. The largest absolute Gasteiger partial charge is 0.493 e. The fourth-order valence-corrected chi connectivity index (χ4v) is 6.23. The highest BCUT2D eigenvalue weighted by molar-refractivity contribution is 7.80. The number of nitrogens with one attached hydrogen (secondary N) is 1. The molecule has 1 heterocycles. The molecular weight excluding hydrogens is 534 g/mol. The molecule has 1 aliphatic rings. The second-order valence-electron chi connectivity index (χ2n) is 10.3. The minimum Gasteiger partial charge on any atom is -0.493 e. The maximum Gasteiger partial charge on any atom is 0.262 e. The van der Waals surface area contributed by atoms with Crippen molar-refractivity contribution in [1.82, 2.24) is 10.2 Å². The average molecular weight is 572 g/mol. The third-order valence-electron chi connectivity index (χ3n) is 7.76. The SMILES string of the molecule is CCN(CC)Cc1ccc2c(c1)OCCC2NC(=O)CC(c1ccccc1)N(c1ccc2ccccc2c1)S(=O)O. The molecule has 214 valence electrons. The topological polar surface area (TPSA) is 82.1 Å². The first-order valence-corrected chi connectivity index (χ1v) is 15.2. The molecule has 4 aromatic carbocycles. The van der Waals surface area contributed by atoms with Gasteiger partial charge in [-0.2, -0.15) is 0 Å². The van der Waals surface area contributed by atoms with E-state index in [1.54, 1.807) is 0 Å². The molecule has 0 radical (unpaired) electrons. The van der Waals surface area contributed by atoms with Gasteiger partial charge in [0.2, 0.25) is 5.91 Å². The van der Waals surface area contributed by atoms with Crippen LogP contribution in [0, 0.1) is 0 Å². The number of fused-ring (bicyclic) bond motifs is 2. The fraction of sp³-hybridized carbons (Fsp3) is 0.303. The highest BCUT2D eigenvalue weighted by Gasteiger charge is 2.30. The molecule has 4 aromatic rings. The summed E-state index contributed by atoms with van der Waals surface area (Å²) in [6.45, 7) is 7.62. The summed E-state index contributed by atoms with van der Waals surface area (Å²) in [5.74, 6) is 0.611. The van der Waals surface area contributed by atoms with E-state index in [1.165, 1.54) is 9.87 Å². The van der Waals surface area contributed by atoms with Crippen LogP contribution in [0.5, 0.6) is 5.75 Å². The van der Waals surface area contributed by atoms with Gasteiger partial charge in [-0.25, -0.2) is 4.21 Å². The highest BCUT2D eigenvalue weighted by Crippen LogP contribution is 2.36. The van der Waals surface area contributed by atoms with E-state index >= 15 is 0 Å². The Labute approximate surface area is 244 Å². The van der Waals surface area contributed by atoms with Gasteiger partial charge in [-0.05, 0) is 53.2 Å². The Morgan fingerprint density at radius 1 is 0.976 bits per heavy atom. The van der Waals surface area contributed by atoms with Crippen molar-refractivity contribution >= 4 is 33.6 Å². The lowest BCUT2D eigenvalue weighted by Gasteiger charge is -2.32. The lowest BCUT2D eigenvalue weighted by Crippen LogP contribution is -2.37. The molecule has 3 unspecified atom stereocenters. The predicted octanol–water partition coefficient (Wildman–Crippen LogP) is 6.40. The summed E-state index contributed by atoms with van der Waals surface area (Å²) in [6, 6.07) is 28.3. The molecular formula is C33H37N3O4S. The van der Waals surface area contributed by atoms with E-state index in [0.29, 0.717) is 18.7 Å². The molecule has 2 N–H and O–H groups in total. The molecule has 0 saturated carbocycles. The number of hydrogen-bond acceptors (Lipinski definition) is 4. The van der Waals surface area contributed by atoms with Crippen LogP contribution in [0.1, 0.15) is 55.5 Å². The Morgan fingerprint density at radius 3 is 2.44 bits per heavy atom. The lowest BCUT2D eigenvalue weighted by molar-refractivity contribution is -0.122. The summed E-state index contributed by atoms with van der Waals surface area (Å²) in [5.41, 5.74) is 3.50. The van der Waals surface area contributed by atoms with Crippen LogP contribution in [0.15, 0.2) is 91.0 Å². The van der Waals surface area contributed by atoms with E-state index < -0.39 is 17.3 Å². The zero-order valence-electron chi connectivity index (χ0n) is 23.5. The van der Waals surface area contributed by atoms with Crippen molar-refractivity contribution < 1.29 is 18.3 Å². The quantitative estimate of drug-likeness (QED) is 0.204. The van der Waals surface area contributed by atoms with Gasteiger partial charge in [0, 0.05) is 18.5 Å². The van der Waals surface area contributed by atoms with Gasteiger partial charge in [-0.3, -0.25) is 18.6 Å². The number of ether oxygens (including phenoxy) is 1. The summed E-state index contributed by atoms with van der Waals surface area (Å²) in [4.78, 5) is 15.9. The van der Waals surface area contributed by atoms with E-state index in [0.717, 1.165) is 47.3 Å². The number of carbonyl (C=O) groups excluding carboxylic acids is 1. The van der Waals surface area contributed by atoms with Gasteiger partial charge >= 0.3 is 0 Å². The normalized spacial score (nSPS) is 16.0. The first-order valence-electron chi connectivity index (χ1n) is 14.2. The standard InChI is InChI=1S/C33H37N3O4S/c1-3-35(4-2)23-24-14-17-29-30(18-19-40-32(29)20-24)34-33(37)22-31(26-11-6-5-7-12-26)36(41(38)39)28-16-15-25-10-8-9-13-27(25)21-28/h5-17,20-21,30-31H,3-4,18-19,22-23H2,1-2H3,(H,34,37)(H,38,39). The summed E-state index contributed by atoms with van der Waals surface area (Å²) in [7, 11) is 0. The third kappa shape index (κ3) is 6.78. The summed E-state index contributed by atoms with van der Waals surface area (Å²) < 4.78 is 30.7. The van der Waals surface area contributed by atoms with E-state index in [4.69, 9.17) is 4.74 Å². The maximum absolute atomic E-state index is 13.6. The van der Waals surface area contributed by atoms with Gasteiger partial charge in [0.15, 0.2) is 0 Å². The molecule has 0 fully saturated rings. The van der Waals surface area contributed by atoms with Crippen LogP contribution >= 0.6 is 0 Å². The molecule has 0 aromatic heterocycles. The molecule has 41 heavy (non-hydrogen) atoms. The fourth-order valence-electron chi connectivity index (χ4n) is 5.52. The average Bonchev–Trinajstić information content (AvgIpc) is 2.99. The molecule has 1 aliphatic heterocycles. The van der Waals surface area contributed by atoms with E-state index in [9.17, 15) is 13.6 Å². The van der Waals surface area contributed by atoms with Gasteiger partial charge in [0.1, 0.15) is 5.75 Å². The highest BCUT2D eigenvalue weighted by atomic mass is 32.2. The third-order valence-corrected chi connectivity index (χ3v) is 8.56. The van der Waals surface area contributed by atoms with Crippen molar-refractivity contribution in [3.8, 4) is 5.75 Å². The monoisotopic (exact) mass is 571 g/mol. The second-order valence-corrected chi connectivity index (χ2v) is 11.2. The molecule has 8 heteroatoms. The maximum atomic E-state index is 13.6. The first-order chi connectivity index (χ1) is 20.0. The zero-order chi connectivity index (χ0) is 28.8. The molecule has 0 aliphatic carbocycles. The van der Waals surface area contributed by atoms with Crippen LogP contribution in [0.4, 0.5) is 5.69 Å².